The van der Waals surface area contributed by atoms with Crippen LogP contribution in [-0.2, 0) is 52.3 Å². The third-order valence-electron chi connectivity index (χ3n) is 20.9. The Labute approximate surface area is 455 Å². The lowest BCUT2D eigenvalue weighted by Gasteiger charge is -2.72. The van der Waals surface area contributed by atoms with Crippen molar-refractivity contribution in [1.29, 1.82) is 0 Å². The number of allylic oxidation sites excluding steroid dienone is 4. The summed E-state index contributed by atoms with van der Waals surface area (Å²) in [4.78, 5) is 40.2. The molecule has 0 aromatic rings. The second-order valence-electron chi connectivity index (χ2n) is 25.1. The van der Waals surface area contributed by atoms with Crippen LogP contribution in [0, 0.1) is 50.7 Å². The van der Waals surface area contributed by atoms with Crippen molar-refractivity contribution >= 4 is 17.9 Å². The van der Waals surface area contributed by atoms with Gasteiger partial charge in [-0.25, -0.2) is 14.4 Å². The zero-order valence-electron chi connectivity index (χ0n) is 46.4. The zero-order valence-corrected chi connectivity index (χ0v) is 46.4. The van der Waals surface area contributed by atoms with E-state index in [1.165, 1.54) is 0 Å². The number of hydrogen-bond acceptors (Lipinski definition) is 21. The molecular formula is C56H86O22. The number of carbonyl (C=O) groups excluding carboxylic acids is 2. The summed E-state index contributed by atoms with van der Waals surface area (Å²) in [5.41, 5.74) is -1.89. The SMILES string of the molecule is C/C=C(/C)C(=O)O[C@H]1[C@H](OC(=O)/C(C)=C\C)[C@]2(CO)[C@H](O)C[C@]3(C)C(=CC[C@@H]4[C@@]5(C)CC[C@H](O[C@@H]6O[C@H](C(=O)O)[C@@H](O)[C@H](O[C@@H]7O[C@@H](CO)[C@H](O)[C@H]7O)[C@H]6O[C@@H]6O[C@H](CO)[C@H](O)[C@H](O)[C@H]6O)[C@@H](C)[C@@H]5CC[C@]43C)[C@@H]2CC1(C)C. The van der Waals surface area contributed by atoms with E-state index in [-0.39, 0.29) is 29.6 Å². The molecule has 0 aromatic heterocycles. The van der Waals surface area contributed by atoms with E-state index in [9.17, 15) is 70.6 Å². The van der Waals surface area contributed by atoms with Crippen molar-refractivity contribution in [2.24, 2.45) is 50.7 Å². The average Bonchev–Trinajstić information content (AvgIpc) is 3.83. The van der Waals surface area contributed by atoms with E-state index in [0.717, 1.165) is 5.57 Å². The van der Waals surface area contributed by atoms with Gasteiger partial charge in [0.1, 0.15) is 67.1 Å². The maximum absolute atomic E-state index is 13.8. The number of carboxylic acid groups (broad SMARTS) is 1. The predicted octanol–water partition coefficient (Wildman–Crippen LogP) is 0.902. The van der Waals surface area contributed by atoms with Crippen LogP contribution in [0.5, 0.6) is 0 Å². The maximum atomic E-state index is 13.8. The molecule has 0 bridgehead atoms. The maximum Gasteiger partial charge on any atom is 0.335 e. The van der Waals surface area contributed by atoms with Gasteiger partial charge in [-0.1, -0.05) is 65.3 Å². The summed E-state index contributed by atoms with van der Waals surface area (Å²) in [5.74, 6) is -3.57. The Kier molecular flexibility index (Phi) is 17.7. The van der Waals surface area contributed by atoms with Crippen LogP contribution >= 0.6 is 0 Å². The van der Waals surface area contributed by atoms with Crippen molar-refractivity contribution in [2.45, 2.75) is 225 Å². The largest absolute Gasteiger partial charge is 0.479 e. The second kappa shape index (κ2) is 22.6. The number of aliphatic hydroxyl groups excluding tert-OH is 10. The van der Waals surface area contributed by atoms with Crippen LogP contribution < -0.4 is 0 Å². The van der Waals surface area contributed by atoms with E-state index in [1.807, 2.05) is 20.8 Å². The first-order valence-electron chi connectivity index (χ1n) is 27.7. The lowest BCUT2D eigenvalue weighted by atomic mass is 9.34. The normalized spacial score (nSPS) is 49.3. The van der Waals surface area contributed by atoms with E-state index >= 15 is 0 Å². The van der Waals surface area contributed by atoms with Gasteiger partial charge in [0.15, 0.2) is 31.1 Å². The summed E-state index contributed by atoms with van der Waals surface area (Å²) in [7, 11) is 0. The predicted molar refractivity (Wildman–Crippen MR) is 271 cm³/mol. The number of carboxylic acids is 1. The molecule has 22 nitrogen and oxygen atoms in total. The van der Waals surface area contributed by atoms with E-state index in [2.05, 4.69) is 26.8 Å². The Hall–Kier alpha value is -3.01. The summed E-state index contributed by atoms with van der Waals surface area (Å²) in [6.07, 6.45) is -19.9. The lowest BCUT2D eigenvalue weighted by molar-refractivity contribution is -0.384. The van der Waals surface area contributed by atoms with Gasteiger partial charge in [-0.3, -0.25) is 0 Å². The lowest BCUT2D eigenvalue weighted by Crippen LogP contribution is -2.72. The highest BCUT2D eigenvalue weighted by Gasteiger charge is 2.73. The molecule has 78 heavy (non-hydrogen) atoms. The molecule has 7 fully saturated rings. The fourth-order valence-corrected chi connectivity index (χ4v) is 15.8. The topological polar surface area (TPSA) is 348 Å². The first kappa shape index (κ1) is 61.1. The molecule has 0 aromatic carbocycles. The van der Waals surface area contributed by atoms with Gasteiger partial charge in [-0.05, 0) is 113 Å². The third kappa shape index (κ3) is 9.85. The first-order valence-corrected chi connectivity index (χ1v) is 27.7. The highest BCUT2D eigenvalue weighted by Crippen LogP contribution is 2.75. The molecule has 8 rings (SSSR count). The van der Waals surface area contributed by atoms with Crippen molar-refractivity contribution in [3.05, 3.63) is 34.9 Å². The molecule has 8 aliphatic rings. The van der Waals surface area contributed by atoms with E-state index < -0.39 is 176 Å². The van der Waals surface area contributed by atoms with Crippen molar-refractivity contribution < 1.29 is 108 Å². The number of aliphatic carboxylic acids is 1. The van der Waals surface area contributed by atoms with Gasteiger partial charge in [0.25, 0.3) is 0 Å². The first-order chi connectivity index (χ1) is 36.6. The molecular weight excluding hydrogens is 1020 g/mol. The number of ether oxygens (including phenoxy) is 8. The molecule has 0 amide bonds. The second-order valence-corrected chi connectivity index (χ2v) is 25.1. The average molecular weight is 1110 g/mol. The van der Waals surface area contributed by atoms with E-state index in [1.54, 1.807) is 39.8 Å². The molecule has 3 heterocycles. The number of esters is 2. The fraction of sp³-hybridized carbons (Fsp3) is 0.839. The molecule has 3 aliphatic heterocycles. The summed E-state index contributed by atoms with van der Waals surface area (Å²) >= 11 is 0. The number of rotatable bonds is 14. The van der Waals surface area contributed by atoms with Crippen LogP contribution in [0.1, 0.15) is 114 Å². The van der Waals surface area contributed by atoms with Gasteiger partial charge in [-0.2, -0.15) is 0 Å². The molecule has 0 unspecified atom stereocenters. The summed E-state index contributed by atoms with van der Waals surface area (Å²) in [6.45, 7) is 17.3. The Bertz CT molecular complexity index is 2300. The molecule has 0 radical (unpaired) electrons. The summed E-state index contributed by atoms with van der Waals surface area (Å²) in [5, 5.41) is 120. The Morgan fingerprint density at radius 2 is 1.23 bits per heavy atom. The Balaban J connectivity index is 1.11. The smallest absolute Gasteiger partial charge is 0.335 e. The number of hydrogen-bond donors (Lipinski definition) is 11. The van der Waals surface area contributed by atoms with Gasteiger partial charge in [0.05, 0.1) is 37.4 Å². The highest BCUT2D eigenvalue weighted by atomic mass is 16.8. The summed E-state index contributed by atoms with van der Waals surface area (Å²) in [6, 6.07) is 0. The quantitative estimate of drug-likeness (QED) is 0.0498. The van der Waals surface area contributed by atoms with Crippen LogP contribution in [0.3, 0.4) is 0 Å². The Morgan fingerprint density at radius 1 is 0.679 bits per heavy atom. The van der Waals surface area contributed by atoms with Gasteiger partial charge < -0.3 is 94.1 Å². The minimum Gasteiger partial charge on any atom is -0.479 e. The molecule has 26 atom stereocenters. The standard InChI is InChI=1S/C56H86O22/c1-11-24(3)47(69)77-44-45(78-48(70)25(4)12-2)56(23-59)29(19-52(44,6)7)28-13-14-33-53(8)17-16-30(26(5)27(53)15-18-54(33,9)55(28,10)20-34(56)60)71-51-43(76-50-39(65)37(63)35(61)31(21-57)72-50)41(40(66)42(75-51)46(67)68)74-49-38(64)36(62)32(22-58)73-49/h11-13,26-27,29-45,49-51,57-66H,14-23H2,1-10H3,(H,67,68)/b24-11-,25-12-/t26-,27-,29-,30-,31+,32-,33+,34+,35-,36-,37-,38+,39+,40-,41-,42-,43+,44-,45-,49-,50-,51+,53-,54+,55+,56-/m0/s1. The number of carbonyl (C=O) groups is 3. The molecule has 0 spiro atoms. The minimum atomic E-state index is -2.10. The number of aliphatic hydroxyl groups is 10. The fourth-order valence-electron chi connectivity index (χ4n) is 15.8. The van der Waals surface area contributed by atoms with Crippen LogP contribution in [0.15, 0.2) is 34.9 Å². The summed E-state index contributed by atoms with van der Waals surface area (Å²) < 4.78 is 49.0. The van der Waals surface area contributed by atoms with E-state index in [0.29, 0.717) is 49.7 Å². The Morgan fingerprint density at radius 3 is 1.78 bits per heavy atom. The molecule has 22 heteroatoms. The zero-order chi connectivity index (χ0) is 57.5. The molecule has 11 N–H and O–H groups in total. The van der Waals surface area contributed by atoms with Crippen LogP contribution in [0.25, 0.3) is 0 Å². The van der Waals surface area contributed by atoms with Crippen LogP contribution in [0.2, 0.25) is 0 Å². The third-order valence-corrected chi connectivity index (χ3v) is 20.9. The molecule has 3 saturated heterocycles. The van der Waals surface area contributed by atoms with Gasteiger partial charge in [0, 0.05) is 16.6 Å². The van der Waals surface area contributed by atoms with Crippen molar-refractivity contribution in [3.63, 3.8) is 0 Å². The van der Waals surface area contributed by atoms with Crippen molar-refractivity contribution in [3.8, 4) is 0 Å². The van der Waals surface area contributed by atoms with Gasteiger partial charge in [0.2, 0.25) is 0 Å². The molecule has 442 valence electrons. The highest BCUT2D eigenvalue weighted by molar-refractivity contribution is 5.89. The van der Waals surface area contributed by atoms with E-state index in [4.69, 9.17) is 37.9 Å². The molecule has 4 saturated carbocycles. The number of fused-ring (bicyclic) bond motifs is 7. The van der Waals surface area contributed by atoms with Gasteiger partial charge in [-0.15, -0.1) is 0 Å². The van der Waals surface area contributed by atoms with Crippen LogP contribution in [0.4, 0.5) is 0 Å². The van der Waals surface area contributed by atoms with Crippen molar-refractivity contribution in [2.75, 3.05) is 19.8 Å². The van der Waals surface area contributed by atoms with Crippen LogP contribution in [-0.4, -0.2) is 204 Å². The minimum absolute atomic E-state index is 0.0125. The monoisotopic (exact) mass is 1110 g/mol. The van der Waals surface area contributed by atoms with Gasteiger partial charge >= 0.3 is 17.9 Å². The molecule has 5 aliphatic carbocycles. The van der Waals surface area contributed by atoms with Crippen molar-refractivity contribution in [1.82, 2.24) is 0 Å².